The van der Waals surface area contributed by atoms with E-state index in [1.54, 1.807) is 49.4 Å². The van der Waals surface area contributed by atoms with Crippen LogP contribution < -0.4 is 30.3 Å². The lowest BCUT2D eigenvalue weighted by atomic mass is 10.2. The van der Waals surface area contributed by atoms with E-state index in [-0.39, 0.29) is 29.0 Å². The Kier molecular flexibility index (Phi) is 10.1. The molecule has 3 amide bonds. The largest absolute Gasteiger partial charge is 0.497 e. The molecule has 38 heavy (non-hydrogen) atoms. The van der Waals surface area contributed by atoms with Crippen molar-refractivity contribution in [3.8, 4) is 17.2 Å². The summed E-state index contributed by atoms with van der Waals surface area (Å²) >= 11 is 6.38. The number of carbonyl (C=O) groups is 3. The molecule has 0 heterocycles. The summed E-state index contributed by atoms with van der Waals surface area (Å²) < 4.78 is 16.3. The van der Waals surface area contributed by atoms with E-state index < -0.39 is 11.8 Å². The number of hydrogen-bond donors (Lipinski definition) is 3. The van der Waals surface area contributed by atoms with Gasteiger partial charge in [-0.25, -0.2) is 5.43 Å². The number of ether oxygens (including phenoxy) is 3. The van der Waals surface area contributed by atoms with Crippen LogP contribution in [0, 0.1) is 6.92 Å². The van der Waals surface area contributed by atoms with Gasteiger partial charge in [-0.3, -0.25) is 14.4 Å². The van der Waals surface area contributed by atoms with E-state index >= 15 is 0 Å². The molecule has 3 aromatic rings. The number of amides is 3. The van der Waals surface area contributed by atoms with Crippen LogP contribution >= 0.6 is 11.6 Å². The quantitative estimate of drug-likeness (QED) is 0.202. The second kappa shape index (κ2) is 13.7. The molecular formula is C27H27ClN4O6. The van der Waals surface area contributed by atoms with E-state index in [2.05, 4.69) is 21.2 Å². The molecule has 0 spiro atoms. The van der Waals surface area contributed by atoms with Crippen LogP contribution in [0.3, 0.4) is 0 Å². The Morgan fingerprint density at radius 2 is 1.58 bits per heavy atom. The van der Waals surface area contributed by atoms with Gasteiger partial charge in [-0.05, 0) is 67.9 Å². The molecule has 10 nitrogen and oxygen atoms in total. The number of anilines is 2. The average Bonchev–Trinajstić information content (AvgIpc) is 2.90. The zero-order valence-electron chi connectivity index (χ0n) is 21.0. The molecule has 3 N–H and O–H groups in total. The summed E-state index contributed by atoms with van der Waals surface area (Å²) in [6.45, 7) is 3.75. The monoisotopic (exact) mass is 538 g/mol. The highest BCUT2D eigenvalue weighted by Gasteiger charge is 2.15. The fourth-order valence-corrected chi connectivity index (χ4v) is 3.39. The summed E-state index contributed by atoms with van der Waals surface area (Å²) in [5, 5.41) is 9.17. The Morgan fingerprint density at radius 1 is 0.921 bits per heavy atom. The molecule has 0 aromatic heterocycles. The standard InChI is InChI=1S/C27H27ClN4O6/c1-4-37-23-14-18(15-29-32-27(35)26(34)31-20-9-11-21(36-3)12-10-20)13-22(28)25(23)38-16-24(33)30-19-7-5-17(2)6-8-19/h5-15H,4,16H2,1-3H3,(H,30,33)(H,31,34)(H,32,35)/b29-15-. The maximum atomic E-state index is 12.3. The van der Waals surface area contributed by atoms with Crippen LogP contribution in [0.1, 0.15) is 18.1 Å². The number of methoxy groups -OCH3 is 1. The molecule has 0 saturated carbocycles. The van der Waals surface area contributed by atoms with Gasteiger partial charge in [-0.15, -0.1) is 0 Å². The van der Waals surface area contributed by atoms with Crippen molar-refractivity contribution in [1.29, 1.82) is 0 Å². The minimum absolute atomic E-state index is 0.170. The van der Waals surface area contributed by atoms with Gasteiger partial charge in [0.2, 0.25) is 0 Å². The fraction of sp³-hybridized carbons (Fsp3) is 0.185. The lowest BCUT2D eigenvalue weighted by Crippen LogP contribution is -2.32. The molecule has 0 fully saturated rings. The number of hydrogen-bond acceptors (Lipinski definition) is 7. The summed E-state index contributed by atoms with van der Waals surface area (Å²) in [5.41, 5.74) is 4.76. The Morgan fingerprint density at radius 3 is 2.24 bits per heavy atom. The highest BCUT2D eigenvalue weighted by atomic mass is 35.5. The maximum absolute atomic E-state index is 12.3. The fourth-order valence-electron chi connectivity index (χ4n) is 3.12. The molecule has 0 aliphatic carbocycles. The summed E-state index contributed by atoms with van der Waals surface area (Å²) in [6.07, 6.45) is 1.29. The molecule has 0 aliphatic rings. The number of nitrogens with zero attached hydrogens (tertiary/aromatic N) is 1. The van der Waals surface area contributed by atoms with Crippen molar-refractivity contribution < 1.29 is 28.6 Å². The number of carbonyl (C=O) groups excluding carboxylic acids is 3. The molecule has 3 rings (SSSR count). The zero-order valence-corrected chi connectivity index (χ0v) is 21.8. The van der Waals surface area contributed by atoms with Crippen LogP contribution in [0.25, 0.3) is 0 Å². The van der Waals surface area contributed by atoms with E-state index in [4.69, 9.17) is 25.8 Å². The predicted molar refractivity (Wildman–Crippen MR) is 145 cm³/mol. The van der Waals surface area contributed by atoms with E-state index in [0.29, 0.717) is 29.3 Å². The van der Waals surface area contributed by atoms with Crippen molar-refractivity contribution in [2.75, 3.05) is 31.0 Å². The Labute approximate surface area is 224 Å². The molecule has 11 heteroatoms. The first-order chi connectivity index (χ1) is 18.3. The van der Waals surface area contributed by atoms with Crippen molar-refractivity contribution in [2.24, 2.45) is 5.10 Å². The summed E-state index contributed by atoms with van der Waals surface area (Å²) in [6, 6.07) is 16.9. The number of aryl methyl sites for hydroxylation is 1. The number of nitrogens with one attached hydrogen (secondary N) is 3. The molecule has 198 valence electrons. The first-order valence-corrected chi connectivity index (χ1v) is 11.9. The highest BCUT2D eigenvalue weighted by molar-refractivity contribution is 6.39. The number of halogens is 1. The van der Waals surface area contributed by atoms with E-state index in [1.807, 2.05) is 19.1 Å². The van der Waals surface area contributed by atoms with Gasteiger partial charge in [0.15, 0.2) is 18.1 Å². The normalized spacial score (nSPS) is 10.5. The molecule has 0 radical (unpaired) electrons. The van der Waals surface area contributed by atoms with Crippen molar-refractivity contribution in [3.05, 3.63) is 76.8 Å². The van der Waals surface area contributed by atoms with Gasteiger partial charge >= 0.3 is 11.8 Å². The third-order valence-corrected chi connectivity index (χ3v) is 5.23. The number of benzene rings is 3. The predicted octanol–water partition coefficient (Wildman–Crippen LogP) is 4.16. The lowest BCUT2D eigenvalue weighted by Gasteiger charge is -2.14. The number of hydrazone groups is 1. The van der Waals surface area contributed by atoms with Gasteiger partial charge in [0.25, 0.3) is 5.91 Å². The lowest BCUT2D eigenvalue weighted by molar-refractivity contribution is -0.136. The van der Waals surface area contributed by atoms with Crippen LogP contribution in [0.15, 0.2) is 65.8 Å². The summed E-state index contributed by atoms with van der Waals surface area (Å²) in [4.78, 5) is 36.5. The summed E-state index contributed by atoms with van der Waals surface area (Å²) in [7, 11) is 1.52. The highest BCUT2D eigenvalue weighted by Crippen LogP contribution is 2.36. The molecule has 0 saturated heterocycles. The van der Waals surface area contributed by atoms with Gasteiger partial charge in [-0.1, -0.05) is 29.3 Å². The van der Waals surface area contributed by atoms with Gasteiger partial charge in [-0.2, -0.15) is 5.10 Å². The number of rotatable bonds is 10. The van der Waals surface area contributed by atoms with Crippen LogP contribution in [0.4, 0.5) is 11.4 Å². The summed E-state index contributed by atoms with van der Waals surface area (Å²) in [5.74, 6) is -1.14. The van der Waals surface area contributed by atoms with E-state index in [9.17, 15) is 14.4 Å². The van der Waals surface area contributed by atoms with Gasteiger partial charge < -0.3 is 24.8 Å². The van der Waals surface area contributed by atoms with Crippen LogP contribution in [0.2, 0.25) is 5.02 Å². The van der Waals surface area contributed by atoms with Crippen molar-refractivity contribution in [1.82, 2.24) is 5.43 Å². The Hall–Kier alpha value is -4.57. The minimum Gasteiger partial charge on any atom is -0.497 e. The SMILES string of the molecule is CCOc1cc(/C=N\NC(=O)C(=O)Nc2ccc(OC)cc2)cc(Cl)c1OCC(=O)Nc1ccc(C)cc1. The van der Waals surface area contributed by atoms with E-state index in [0.717, 1.165) is 5.56 Å². The van der Waals surface area contributed by atoms with Crippen LogP contribution in [0.5, 0.6) is 17.2 Å². The van der Waals surface area contributed by atoms with Crippen molar-refractivity contribution in [2.45, 2.75) is 13.8 Å². The maximum Gasteiger partial charge on any atom is 0.329 e. The first kappa shape index (κ1) is 28.0. The second-order valence-electron chi connectivity index (χ2n) is 7.85. The molecule has 3 aromatic carbocycles. The minimum atomic E-state index is -0.965. The molecule has 0 bridgehead atoms. The topological polar surface area (TPSA) is 127 Å². The first-order valence-electron chi connectivity index (χ1n) is 11.5. The van der Waals surface area contributed by atoms with Crippen LogP contribution in [-0.4, -0.2) is 44.3 Å². The Balaban J connectivity index is 1.59. The van der Waals surface area contributed by atoms with Gasteiger partial charge in [0.05, 0.1) is 25.0 Å². The Bertz CT molecular complexity index is 1310. The molecule has 0 atom stereocenters. The average molecular weight is 539 g/mol. The van der Waals surface area contributed by atoms with Gasteiger partial charge in [0.1, 0.15) is 5.75 Å². The third-order valence-electron chi connectivity index (χ3n) is 4.95. The molecular weight excluding hydrogens is 512 g/mol. The second-order valence-corrected chi connectivity index (χ2v) is 8.25. The molecule has 0 unspecified atom stereocenters. The van der Waals surface area contributed by atoms with Crippen molar-refractivity contribution in [3.63, 3.8) is 0 Å². The van der Waals surface area contributed by atoms with Crippen molar-refractivity contribution >= 4 is 46.9 Å². The smallest absolute Gasteiger partial charge is 0.329 e. The third kappa shape index (κ3) is 8.24. The van der Waals surface area contributed by atoms with E-state index in [1.165, 1.54) is 19.4 Å². The van der Waals surface area contributed by atoms with Crippen LogP contribution in [-0.2, 0) is 14.4 Å². The van der Waals surface area contributed by atoms with Gasteiger partial charge in [0, 0.05) is 11.4 Å². The molecule has 0 aliphatic heterocycles. The zero-order chi connectivity index (χ0) is 27.5.